The maximum atomic E-state index is 11.9. The molecule has 0 unspecified atom stereocenters. The number of hydrogen-bond donors (Lipinski definition) is 1. The van der Waals surface area contributed by atoms with E-state index in [0.29, 0.717) is 10.6 Å². The van der Waals surface area contributed by atoms with Gasteiger partial charge in [0.25, 0.3) is 0 Å². The summed E-state index contributed by atoms with van der Waals surface area (Å²) in [5.74, 6) is -0.193. The first-order valence-electron chi connectivity index (χ1n) is 6.30. The number of halogens is 1. The third-order valence-electron chi connectivity index (χ3n) is 2.92. The Hall–Kier alpha value is -2.59. The van der Waals surface area contributed by atoms with E-state index >= 15 is 0 Å². The zero-order chi connectivity index (χ0) is 14.7. The second kappa shape index (κ2) is 5.81. The molecule has 0 saturated carbocycles. The van der Waals surface area contributed by atoms with Gasteiger partial charge in [0.05, 0.1) is 6.21 Å². The highest BCUT2D eigenvalue weighted by molar-refractivity contribution is 6.33. The summed E-state index contributed by atoms with van der Waals surface area (Å²) in [5.41, 5.74) is 3.80. The van der Waals surface area contributed by atoms with Crippen LogP contribution in [-0.2, 0) is 0 Å². The zero-order valence-electron chi connectivity index (χ0n) is 10.9. The van der Waals surface area contributed by atoms with Crippen LogP contribution in [0.3, 0.4) is 0 Å². The van der Waals surface area contributed by atoms with Crippen LogP contribution in [0.4, 0.5) is 0 Å². The molecule has 0 spiro atoms. The Balaban J connectivity index is 1.73. The number of hydrazone groups is 1. The third-order valence-corrected chi connectivity index (χ3v) is 3.27. The first-order valence-corrected chi connectivity index (χ1v) is 6.68. The largest absolute Gasteiger partial charge is 0.451 e. The lowest BCUT2D eigenvalue weighted by Gasteiger charge is -1.97. The van der Waals surface area contributed by atoms with E-state index in [1.807, 2.05) is 30.3 Å². The van der Waals surface area contributed by atoms with Gasteiger partial charge in [-0.25, -0.2) is 5.43 Å². The van der Waals surface area contributed by atoms with Crippen molar-refractivity contribution in [2.75, 3.05) is 0 Å². The fraction of sp³-hybridized carbons (Fsp3) is 0. The molecule has 0 saturated heterocycles. The number of carbonyl (C=O) groups is 1. The van der Waals surface area contributed by atoms with Crippen molar-refractivity contribution in [1.82, 2.24) is 5.43 Å². The van der Waals surface area contributed by atoms with Gasteiger partial charge in [-0.2, -0.15) is 5.10 Å². The van der Waals surface area contributed by atoms with E-state index in [1.54, 1.807) is 24.3 Å². The van der Waals surface area contributed by atoms with E-state index < -0.39 is 5.91 Å². The minimum absolute atomic E-state index is 0.215. The van der Waals surface area contributed by atoms with E-state index in [9.17, 15) is 4.79 Å². The summed E-state index contributed by atoms with van der Waals surface area (Å²) < 4.78 is 5.44. The van der Waals surface area contributed by atoms with Gasteiger partial charge in [0.2, 0.25) is 0 Å². The van der Waals surface area contributed by atoms with Gasteiger partial charge >= 0.3 is 5.91 Å². The minimum Gasteiger partial charge on any atom is -0.451 e. The van der Waals surface area contributed by atoms with E-state index in [0.717, 1.165) is 10.9 Å². The van der Waals surface area contributed by atoms with Gasteiger partial charge in [-0.15, -0.1) is 0 Å². The average molecular weight is 299 g/mol. The molecule has 2 aromatic carbocycles. The van der Waals surface area contributed by atoms with Crippen molar-refractivity contribution < 1.29 is 9.21 Å². The number of para-hydroxylation sites is 1. The summed E-state index contributed by atoms with van der Waals surface area (Å²) in [6.45, 7) is 0. The van der Waals surface area contributed by atoms with Crippen LogP contribution < -0.4 is 5.43 Å². The monoisotopic (exact) mass is 298 g/mol. The quantitative estimate of drug-likeness (QED) is 0.590. The normalized spacial score (nSPS) is 11.1. The standard InChI is InChI=1S/C16H11ClN2O2/c17-13-7-3-1-6-12(13)10-18-19-16(20)15-9-11-5-2-4-8-14(11)21-15/h1-10H,(H,19,20)/b18-10+. The van der Waals surface area contributed by atoms with Gasteiger partial charge in [0.15, 0.2) is 5.76 Å². The molecule has 3 rings (SSSR count). The minimum atomic E-state index is -0.408. The summed E-state index contributed by atoms with van der Waals surface area (Å²) in [7, 11) is 0. The number of benzene rings is 2. The van der Waals surface area contributed by atoms with Crippen molar-refractivity contribution in [3.63, 3.8) is 0 Å². The fourth-order valence-electron chi connectivity index (χ4n) is 1.89. The summed E-state index contributed by atoms with van der Waals surface area (Å²) in [4.78, 5) is 11.9. The number of rotatable bonds is 3. The Bertz CT molecular complexity index is 791. The average Bonchev–Trinajstić information content (AvgIpc) is 2.93. The molecular formula is C16H11ClN2O2. The first-order chi connectivity index (χ1) is 10.2. The molecule has 0 fully saturated rings. The Morgan fingerprint density at radius 1 is 1.14 bits per heavy atom. The fourth-order valence-corrected chi connectivity index (χ4v) is 2.07. The second-order valence-electron chi connectivity index (χ2n) is 4.37. The number of carbonyl (C=O) groups excluding carboxylic acids is 1. The SMILES string of the molecule is O=C(N/N=C/c1ccccc1Cl)c1cc2ccccc2o1. The molecule has 0 atom stereocenters. The van der Waals surface area contributed by atoms with Crippen LogP contribution in [0.25, 0.3) is 11.0 Å². The molecule has 3 aromatic rings. The molecule has 1 aromatic heterocycles. The smallest absolute Gasteiger partial charge is 0.307 e. The van der Waals surface area contributed by atoms with Gasteiger partial charge in [-0.1, -0.05) is 48.0 Å². The van der Waals surface area contributed by atoms with E-state index in [-0.39, 0.29) is 5.76 Å². The number of nitrogens with one attached hydrogen (secondary N) is 1. The Kier molecular flexibility index (Phi) is 3.71. The molecule has 4 nitrogen and oxygen atoms in total. The highest BCUT2D eigenvalue weighted by Gasteiger charge is 2.10. The van der Waals surface area contributed by atoms with Crippen molar-refractivity contribution in [2.45, 2.75) is 0 Å². The molecule has 1 heterocycles. The van der Waals surface area contributed by atoms with Crippen molar-refractivity contribution in [3.8, 4) is 0 Å². The molecule has 0 radical (unpaired) electrons. The number of amides is 1. The van der Waals surface area contributed by atoms with Gasteiger partial charge in [0.1, 0.15) is 5.58 Å². The van der Waals surface area contributed by atoms with E-state index in [2.05, 4.69) is 10.5 Å². The van der Waals surface area contributed by atoms with Crippen LogP contribution in [0.1, 0.15) is 16.1 Å². The second-order valence-corrected chi connectivity index (χ2v) is 4.78. The molecule has 21 heavy (non-hydrogen) atoms. The maximum absolute atomic E-state index is 11.9. The predicted molar refractivity (Wildman–Crippen MR) is 82.7 cm³/mol. The lowest BCUT2D eigenvalue weighted by molar-refractivity contribution is 0.0929. The van der Waals surface area contributed by atoms with Crippen molar-refractivity contribution in [2.24, 2.45) is 5.10 Å². The van der Waals surface area contributed by atoms with Gasteiger partial charge in [-0.05, 0) is 18.2 Å². The van der Waals surface area contributed by atoms with Crippen LogP contribution in [0.2, 0.25) is 5.02 Å². The molecule has 0 aliphatic rings. The van der Waals surface area contributed by atoms with Gasteiger partial charge in [0, 0.05) is 16.0 Å². The van der Waals surface area contributed by atoms with Gasteiger partial charge < -0.3 is 4.42 Å². The first kappa shape index (κ1) is 13.4. The number of hydrogen-bond acceptors (Lipinski definition) is 3. The van der Waals surface area contributed by atoms with Crippen LogP contribution >= 0.6 is 11.6 Å². The maximum Gasteiger partial charge on any atom is 0.307 e. The summed E-state index contributed by atoms with van der Waals surface area (Å²) in [6.07, 6.45) is 1.49. The van der Waals surface area contributed by atoms with Crippen molar-refractivity contribution in [3.05, 3.63) is 70.9 Å². The Labute approximate surface area is 126 Å². The van der Waals surface area contributed by atoms with Gasteiger partial charge in [-0.3, -0.25) is 4.79 Å². The zero-order valence-corrected chi connectivity index (χ0v) is 11.7. The van der Waals surface area contributed by atoms with E-state index in [4.69, 9.17) is 16.0 Å². The molecule has 104 valence electrons. The summed E-state index contributed by atoms with van der Waals surface area (Å²) in [6, 6.07) is 16.3. The van der Waals surface area contributed by atoms with Crippen LogP contribution in [0.5, 0.6) is 0 Å². The van der Waals surface area contributed by atoms with Crippen LogP contribution in [0, 0.1) is 0 Å². The molecular weight excluding hydrogens is 288 g/mol. The topological polar surface area (TPSA) is 54.6 Å². The van der Waals surface area contributed by atoms with E-state index in [1.165, 1.54) is 6.21 Å². The Morgan fingerprint density at radius 2 is 1.90 bits per heavy atom. The summed E-state index contributed by atoms with van der Waals surface area (Å²) in [5, 5.41) is 5.32. The summed E-state index contributed by atoms with van der Waals surface area (Å²) >= 11 is 5.99. The molecule has 0 bridgehead atoms. The molecule has 5 heteroatoms. The number of furan rings is 1. The van der Waals surface area contributed by atoms with Crippen LogP contribution in [-0.4, -0.2) is 12.1 Å². The molecule has 0 aliphatic carbocycles. The molecule has 1 amide bonds. The third kappa shape index (κ3) is 2.95. The van der Waals surface area contributed by atoms with Crippen LogP contribution in [0.15, 0.2) is 64.1 Å². The molecule has 0 aliphatic heterocycles. The Morgan fingerprint density at radius 3 is 2.71 bits per heavy atom. The number of nitrogens with zero attached hydrogens (tertiary/aromatic N) is 1. The highest BCUT2D eigenvalue weighted by atomic mass is 35.5. The van der Waals surface area contributed by atoms with Crippen molar-refractivity contribution in [1.29, 1.82) is 0 Å². The molecule has 1 N–H and O–H groups in total. The number of fused-ring (bicyclic) bond motifs is 1. The lowest BCUT2D eigenvalue weighted by Crippen LogP contribution is -2.16. The lowest BCUT2D eigenvalue weighted by atomic mass is 10.2. The highest BCUT2D eigenvalue weighted by Crippen LogP contribution is 2.18. The predicted octanol–water partition coefficient (Wildman–Crippen LogP) is 3.85. The van der Waals surface area contributed by atoms with Crippen molar-refractivity contribution >= 4 is 34.7 Å².